The Bertz CT molecular complexity index is 293. The molecule has 0 N–H and O–H groups in total. The van der Waals surface area contributed by atoms with Crippen molar-refractivity contribution in [2.75, 3.05) is 13.9 Å². The van der Waals surface area contributed by atoms with E-state index in [1.165, 1.54) is 6.26 Å². The van der Waals surface area contributed by atoms with Gasteiger partial charge in [0.25, 0.3) is 0 Å². The SMILES string of the molecule is CCC(C)(C=O)/C(=C\C1=COCO1)OC. The Hall–Kier alpha value is -1.45. The van der Waals surface area contributed by atoms with Crippen LogP contribution in [0.2, 0.25) is 0 Å². The van der Waals surface area contributed by atoms with Crippen LogP contribution in [0.5, 0.6) is 0 Å². The van der Waals surface area contributed by atoms with E-state index in [9.17, 15) is 4.79 Å². The van der Waals surface area contributed by atoms with Crippen molar-refractivity contribution in [3.63, 3.8) is 0 Å². The standard InChI is InChI=1S/C11H16O4/c1-4-11(2,7-12)10(13-3)5-9-6-14-8-15-9/h5-7H,4,8H2,1-3H3/b10-5+. The first-order chi connectivity index (χ1) is 7.16. The van der Waals surface area contributed by atoms with Gasteiger partial charge in [-0.1, -0.05) is 6.92 Å². The van der Waals surface area contributed by atoms with Crippen LogP contribution in [-0.2, 0) is 19.0 Å². The molecule has 4 nitrogen and oxygen atoms in total. The van der Waals surface area contributed by atoms with Gasteiger partial charge in [-0.25, -0.2) is 0 Å². The fraction of sp³-hybridized carbons (Fsp3) is 0.545. The van der Waals surface area contributed by atoms with Crippen molar-refractivity contribution in [2.24, 2.45) is 5.41 Å². The van der Waals surface area contributed by atoms with Crippen molar-refractivity contribution >= 4 is 6.29 Å². The Kier molecular flexibility index (Phi) is 3.77. The molecule has 0 fully saturated rings. The van der Waals surface area contributed by atoms with Crippen LogP contribution in [0.25, 0.3) is 0 Å². The molecule has 0 saturated carbocycles. The highest BCUT2D eigenvalue weighted by Gasteiger charge is 2.28. The Morgan fingerprint density at radius 3 is 2.87 bits per heavy atom. The quantitative estimate of drug-likeness (QED) is 0.516. The summed E-state index contributed by atoms with van der Waals surface area (Å²) in [4.78, 5) is 11.0. The summed E-state index contributed by atoms with van der Waals surface area (Å²) in [5.74, 6) is 1.16. The lowest BCUT2D eigenvalue weighted by molar-refractivity contribution is -0.115. The summed E-state index contributed by atoms with van der Waals surface area (Å²) in [7, 11) is 1.54. The van der Waals surface area contributed by atoms with Gasteiger partial charge in [-0.15, -0.1) is 0 Å². The van der Waals surface area contributed by atoms with Gasteiger partial charge in [0.15, 0.2) is 5.76 Å². The second-order valence-corrected chi connectivity index (χ2v) is 3.55. The number of ether oxygens (including phenoxy) is 3. The predicted octanol–water partition coefficient (Wildman–Crippen LogP) is 1.98. The van der Waals surface area contributed by atoms with Crippen LogP contribution < -0.4 is 0 Å². The second-order valence-electron chi connectivity index (χ2n) is 3.55. The third kappa shape index (κ3) is 2.52. The van der Waals surface area contributed by atoms with Crippen molar-refractivity contribution in [3.8, 4) is 0 Å². The molecule has 1 rings (SSSR count). The fourth-order valence-electron chi connectivity index (χ4n) is 1.23. The highest BCUT2D eigenvalue weighted by atomic mass is 16.7. The smallest absolute Gasteiger partial charge is 0.230 e. The third-order valence-corrected chi connectivity index (χ3v) is 2.54. The van der Waals surface area contributed by atoms with Crippen LogP contribution in [-0.4, -0.2) is 20.2 Å². The highest BCUT2D eigenvalue weighted by molar-refractivity contribution is 5.63. The Labute approximate surface area is 89.5 Å². The van der Waals surface area contributed by atoms with Gasteiger partial charge in [-0.05, 0) is 13.3 Å². The van der Waals surface area contributed by atoms with Gasteiger partial charge in [0, 0.05) is 6.08 Å². The third-order valence-electron chi connectivity index (χ3n) is 2.54. The molecule has 1 atom stereocenters. The molecular weight excluding hydrogens is 196 g/mol. The molecule has 0 aromatic heterocycles. The molecule has 84 valence electrons. The normalized spacial score (nSPS) is 19.7. The van der Waals surface area contributed by atoms with Crippen LogP contribution in [0.4, 0.5) is 0 Å². The number of methoxy groups -OCH3 is 1. The Morgan fingerprint density at radius 2 is 2.47 bits per heavy atom. The summed E-state index contributed by atoms with van der Waals surface area (Å²) < 4.78 is 15.3. The van der Waals surface area contributed by atoms with Gasteiger partial charge in [0.05, 0.1) is 12.5 Å². The van der Waals surface area contributed by atoms with E-state index < -0.39 is 5.41 Å². The van der Waals surface area contributed by atoms with Gasteiger partial charge in [-0.3, -0.25) is 0 Å². The zero-order valence-corrected chi connectivity index (χ0v) is 9.28. The molecule has 0 aliphatic carbocycles. The number of carbonyl (C=O) groups is 1. The van der Waals surface area contributed by atoms with Crippen LogP contribution >= 0.6 is 0 Å². The van der Waals surface area contributed by atoms with E-state index in [-0.39, 0.29) is 6.79 Å². The van der Waals surface area contributed by atoms with Crippen LogP contribution in [0.1, 0.15) is 20.3 Å². The maximum atomic E-state index is 11.0. The van der Waals surface area contributed by atoms with Crippen molar-refractivity contribution in [3.05, 3.63) is 23.9 Å². The molecule has 1 heterocycles. The summed E-state index contributed by atoms with van der Waals surface area (Å²) in [6, 6.07) is 0. The molecule has 0 amide bonds. The van der Waals surface area contributed by atoms with Crippen LogP contribution in [0.3, 0.4) is 0 Å². The minimum Gasteiger partial charge on any atom is -0.500 e. The van der Waals surface area contributed by atoms with E-state index in [2.05, 4.69) is 0 Å². The minimum absolute atomic E-state index is 0.215. The molecule has 0 aromatic rings. The van der Waals surface area contributed by atoms with E-state index in [4.69, 9.17) is 14.2 Å². The van der Waals surface area contributed by atoms with Gasteiger partial charge < -0.3 is 19.0 Å². The van der Waals surface area contributed by atoms with E-state index in [0.717, 1.165) is 6.29 Å². The molecule has 0 aromatic carbocycles. The maximum absolute atomic E-state index is 11.0. The number of hydrogen-bond acceptors (Lipinski definition) is 4. The molecule has 1 unspecified atom stereocenters. The van der Waals surface area contributed by atoms with Gasteiger partial charge in [0.2, 0.25) is 6.79 Å². The van der Waals surface area contributed by atoms with Crippen LogP contribution in [0, 0.1) is 5.41 Å². The van der Waals surface area contributed by atoms with Crippen LogP contribution in [0.15, 0.2) is 23.9 Å². The van der Waals surface area contributed by atoms with Crippen molar-refractivity contribution in [1.82, 2.24) is 0 Å². The van der Waals surface area contributed by atoms with Crippen molar-refractivity contribution in [1.29, 1.82) is 0 Å². The van der Waals surface area contributed by atoms with E-state index in [1.54, 1.807) is 13.2 Å². The molecule has 0 spiro atoms. The largest absolute Gasteiger partial charge is 0.500 e. The second kappa shape index (κ2) is 4.87. The number of hydrogen-bond donors (Lipinski definition) is 0. The van der Waals surface area contributed by atoms with Gasteiger partial charge >= 0.3 is 0 Å². The lowest BCUT2D eigenvalue weighted by Gasteiger charge is -2.23. The molecule has 0 bridgehead atoms. The average Bonchev–Trinajstić information content (AvgIpc) is 2.77. The highest BCUT2D eigenvalue weighted by Crippen LogP contribution is 2.30. The predicted molar refractivity (Wildman–Crippen MR) is 54.7 cm³/mol. The molecule has 1 aliphatic heterocycles. The number of carbonyl (C=O) groups excluding carboxylic acids is 1. The lowest BCUT2D eigenvalue weighted by atomic mass is 9.86. The molecule has 15 heavy (non-hydrogen) atoms. The lowest BCUT2D eigenvalue weighted by Crippen LogP contribution is -2.21. The molecule has 4 heteroatoms. The first-order valence-corrected chi connectivity index (χ1v) is 4.83. The molecule has 0 saturated heterocycles. The summed E-state index contributed by atoms with van der Waals surface area (Å²) >= 11 is 0. The summed E-state index contributed by atoms with van der Waals surface area (Å²) in [6.45, 7) is 3.97. The number of rotatable bonds is 5. The Balaban J connectivity index is 2.90. The van der Waals surface area contributed by atoms with E-state index in [0.29, 0.717) is 17.9 Å². The zero-order valence-electron chi connectivity index (χ0n) is 9.28. The topological polar surface area (TPSA) is 44.8 Å². The summed E-state index contributed by atoms with van der Waals surface area (Å²) in [5.41, 5.74) is -0.610. The average molecular weight is 212 g/mol. The zero-order chi connectivity index (χ0) is 11.3. The van der Waals surface area contributed by atoms with E-state index >= 15 is 0 Å². The Morgan fingerprint density at radius 1 is 1.73 bits per heavy atom. The molecule has 1 aliphatic rings. The number of allylic oxidation sites excluding steroid dienone is 2. The minimum atomic E-state index is -0.610. The monoisotopic (exact) mass is 212 g/mol. The van der Waals surface area contributed by atoms with Gasteiger partial charge in [0.1, 0.15) is 18.3 Å². The molecular formula is C11H16O4. The van der Waals surface area contributed by atoms with Crippen molar-refractivity contribution in [2.45, 2.75) is 20.3 Å². The van der Waals surface area contributed by atoms with E-state index in [1.807, 2.05) is 13.8 Å². The first-order valence-electron chi connectivity index (χ1n) is 4.83. The maximum Gasteiger partial charge on any atom is 0.230 e. The molecule has 0 radical (unpaired) electrons. The summed E-state index contributed by atoms with van der Waals surface area (Å²) in [6.07, 6.45) is 4.74. The number of aldehydes is 1. The summed E-state index contributed by atoms with van der Waals surface area (Å²) in [5, 5.41) is 0. The first kappa shape index (κ1) is 11.6. The van der Waals surface area contributed by atoms with Gasteiger partial charge in [-0.2, -0.15) is 0 Å². The fourth-order valence-corrected chi connectivity index (χ4v) is 1.23. The van der Waals surface area contributed by atoms with Crippen molar-refractivity contribution < 1.29 is 19.0 Å².